The Morgan fingerprint density at radius 2 is 1.61 bits per heavy atom. The third-order valence-corrected chi connectivity index (χ3v) is 8.50. The van der Waals surface area contributed by atoms with Crippen LogP contribution in [0.1, 0.15) is 88.7 Å². The van der Waals surface area contributed by atoms with Gasteiger partial charge in [0.2, 0.25) is 0 Å². The summed E-state index contributed by atoms with van der Waals surface area (Å²) in [6.45, 7) is 8.11. The van der Waals surface area contributed by atoms with E-state index in [1.54, 1.807) is 0 Å². The molecule has 0 spiro atoms. The van der Waals surface area contributed by atoms with Crippen LogP contribution in [0.5, 0.6) is 0 Å². The lowest BCUT2D eigenvalue weighted by Gasteiger charge is -2.37. The maximum atomic E-state index is 13.8. The molecule has 5 nitrogen and oxygen atoms in total. The Morgan fingerprint density at radius 3 is 2.26 bits per heavy atom. The van der Waals surface area contributed by atoms with Gasteiger partial charge in [0.15, 0.2) is 5.78 Å². The number of Topliss-reactive ketones (excluding diaryl/α,β-unsaturated/α-hetero) is 1. The first kappa shape index (κ1) is 26.3. The van der Waals surface area contributed by atoms with Crippen molar-refractivity contribution >= 4 is 17.4 Å². The summed E-state index contributed by atoms with van der Waals surface area (Å²) in [6.07, 6.45) is 6.39. The molecule has 1 aliphatic heterocycles. The van der Waals surface area contributed by atoms with Gasteiger partial charge >= 0.3 is 5.97 Å². The minimum Gasteiger partial charge on any atom is -0.459 e. The molecular weight excluding hydrogens is 472 g/mol. The molecule has 1 saturated carbocycles. The molecule has 1 heterocycles. The van der Waals surface area contributed by atoms with Crippen molar-refractivity contribution in [3.63, 3.8) is 0 Å². The summed E-state index contributed by atoms with van der Waals surface area (Å²) in [7, 11) is 0. The Morgan fingerprint density at radius 1 is 0.921 bits per heavy atom. The summed E-state index contributed by atoms with van der Waals surface area (Å²) >= 11 is 0. The fourth-order valence-corrected chi connectivity index (χ4v) is 6.47. The summed E-state index contributed by atoms with van der Waals surface area (Å²) in [5, 5.41) is 3.49. The van der Waals surface area contributed by atoms with Gasteiger partial charge < -0.3 is 15.0 Å². The van der Waals surface area contributed by atoms with E-state index >= 15 is 0 Å². The van der Waals surface area contributed by atoms with E-state index in [-0.39, 0.29) is 23.8 Å². The number of carbonyl (C=O) groups is 2. The Labute approximate surface area is 227 Å². The van der Waals surface area contributed by atoms with Crippen LogP contribution in [0.25, 0.3) is 0 Å². The molecule has 0 aromatic heterocycles. The first-order chi connectivity index (χ1) is 18.5. The van der Waals surface area contributed by atoms with Gasteiger partial charge in [-0.15, -0.1) is 0 Å². The van der Waals surface area contributed by atoms with Gasteiger partial charge in [-0.2, -0.15) is 0 Å². The van der Waals surface area contributed by atoms with Crippen LogP contribution in [-0.2, 0) is 14.3 Å². The molecule has 5 heteroatoms. The van der Waals surface area contributed by atoms with E-state index in [9.17, 15) is 9.59 Å². The summed E-state index contributed by atoms with van der Waals surface area (Å²) in [5.74, 6) is -0.466. The molecule has 0 amide bonds. The zero-order valence-electron chi connectivity index (χ0n) is 23.0. The lowest BCUT2D eigenvalue weighted by atomic mass is 9.71. The van der Waals surface area contributed by atoms with E-state index in [1.165, 1.54) is 12.0 Å². The van der Waals surface area contributed by atoms with Crippen LogP contribution in [0.15, 0.2) is 77.1 Å². The third kappa shape index (κ3) is 5.29. The van der Waals surface area contributed by atoms with Crippen molar-refractivity contribution in [2.45, 2.75) is 83.7 Å². The number of allylic oxidation sites excluding steroid dienone is 3. The second-order valence-corrected chi connectivity index (χ2v) is 10.9. The molecule has 2 aromatic rings. The number of rotatable bonds is 7. The number of carbonyl (C=O) groups excluding carboxylic acids is 2. The second kappa shape index (κ2) is 11.6. The lowest BCUT2D eigenvalue weighted by Crippen LogP contribution is -2.37. The molecule has 1 N–H and O–H groups in total. The Kier molecular flexibility index (Phi) is 8.01. The van der Waals surface area contributed by atoms with E-state index < -0.39 is 5.92 Å². The van der Waals surface area contributed by atoms with Crippen molar-refractivity contribution in [2.24, 2.45) is 0 Å². The molecule has 0 unspecified atom stereocenters. The summed E-state index contributed by atoms with van der Waals surface area (Å²) in [6, 6.07) is 18.7. The molecular formula is C33H40N2O3. The Bertz CT molecular complexity index is 1220. The number of hydrogen-bond acceptors (Lipinski definition) is 5. The van der Waals surface area contributed by atoms with Crippen LogP contribution in [0.3, 0.4) is 0 Å². The molecule has 3 aliphatic rings. The number of anilines is 1. The van der Waals surface area contributed by atoms with Crippen LogP contribution >= 0.6 is 0 Å². The van der Waals surface area contributed by atoms with Crippen molar-refractivity contribution in [1.82, 2.24) is 5.32 Å². The number of nitrogens with one attached hydrogen (secondary N) is 1. The normalized spacial score (nSPS) is 22.1. The molecule has 0 saturated heterocycles. The van der Waals surface area contributed by atoms with Gasteiger partial charge in [0.1, 0.15) is 6.10 Å². The molecule has 0 radical (unpaired) electrons. The van der Waals surface area contributed by atoms with E-state index in [0.717, 1.165) is 73.4 Å². The standard InChI is InChI=1S/C33H40N2O3/c1-4-35(5-2)26-18-16-24(17-19-26)31-30(33(37)38-27-14-10-7-11-15-27)22(3)34-28-20-25(21-29(36)32(28)31)23-12-8-6-9-13-23/h6,8-9,12-13,16-19,25,27,31,34H,4-5,7,10-11,14-15,20-21H2,1-3H3/t25-,31+/m1/s1. The number of ketones is 1. The first-order valence-corrected chi connectivity index (χ1v) is 14.3. The Balaban J connectivity index is 1.52. The van der Waals surface area contributed by atoms with Crippen LogP contribution in [0.2, 0.25) is 0 Å². The Hall–Kier alpha value is -3.34. The van der Waals surface area contributed by atoms with Gasteiger partial charge in [-0.1, -0.05) is 48.9 Å². The lowest BCUT2D eigenvalue weighted by molar-refractivity contribution is -0.146. The number of nitrogens with zero attached hydrogens (tertiary/aromatic N) is 1. The number of benzene rings is 2. The maximum Gasteiger partial charge on any atom is 0.337 e. The highest BCUT2D eigenvalue weighted by atomic mass is 16.5. The van der Waals surface area contributed by atoms with Gasteiger partial charge in [0.25, 0.3) is 0 Å². The van der Waals surface area contributed by atoms with Crippen molar-refractivity contribution in [3.05, 3.63) is 88.3 Å². The average molecular weight is 513 g/mol. The highest BCUT2D eigenvalue weighted by Crippen LogP contribution is 2.46. The minimum absolute atomic E-state index is 0.0397. The van der Waals surface area contributed by atoms with Gasteiger partial charge in [0.05, 0.1) is 5.57 Å². The molecule has 5 rings (SSSR count). The SMILES string of the molecule is CCN(CC)c1ccc([C@H]2C(C(=O)OC3CCCCC3)=C(C)NC3=C2C(=O)C[C@H](c2ccccc2)C3)cc1. The molecule has 38 heavy (non-hydrogen) atoms. The van der Waals surface area contributed by atoms with E-state index in [4.69, 9.17) is 4.74 Å². The summed E-state index contributed by atoms with van der Waals surface area (Å²) in [4.78, 5) is 29.9. The van der Waals surface area contributed by atoms with E-state index in [0.29, 0.717) is 12.0 Å². The van der Waals surface area contributed by atoms with Crippen LogP contribution < -0.4 is 10.2 Å². The maximum absolute atomic E-state index is 13.8. The second-order valence-electron chi connectivity index (χ2n) is 10.9. The van der Waals surface area contributed by atoms with Gasteiger partial charge in [-0.05, 0) is 82.1 Å². The molecule has 200 valence electrons. The fraction of sp³-hybridized carbons (Fsp3) is 0.455. The third-order valence-electron chi connectivity index (χ3n) is 8.50. The zero-order valence-corrected chi connectivity index (χ0v) is 23.0. The van der Waals surface area contributed by atoms with Crippen LogP contribution in [0.4, 0.5) is 5.69 Å². The summed E-state index contributed by atoms with van der Waals surface area (Å²) < 4.78 is 6.08. The quantitative estimate of drug-likeness (QED) is 0.415. The number of hydrogen-bond donors (Lipinski definition) is 1. The van der Waals surface area contributed by atoms with Crippen molar-refractivity contribution in [3.8, 4) is 0 Å². The monoisotopic (exact) mass is 512 g/mol. The van der Waals surface area contributed by atoms with Crippen molar-refractivity contribution in [1.29, 1.82) is 0 Å². The van der Waals surface area contributed by atoms with Crippen molar-refractivity contribution in [2.75, 3.05) is 18.0 Å². The largest absolute Gasteiger partial charge is 0.459 e. The molecule has 2 aliphatic carbocycles. The van der Waals surface area contributed by atoms with Crippen molar-refractivity contribution < 1.29 is 14.3 Å². The number of ether oxygens (including phenoxy) is 1. The number of dihydropyridines is 1. The molecule has 2 atom stereocenters. The molecule has 0 bridgehead atoms. The average Bonchev–Trinajstić information content (AvgIpc) is 2.94. The molecule has 1 fully saturated rings. The van der Waals surface area contributed by atoms with Crippen LogP contribution in [0, 0.1) is 0 Å². The highest BCUT2D eigenvalue weighted by Gasteiger charge is 2.42. The van der Waals surface area contributed by atoms with E-state index in [1.807, 2.05) is 25.1 Å². The minimum atomic E-state index is -0.419. The predicted octanol–water partition coefficient (Wildman–Crippen LogP) is 6.77. The molecule has 2 aromatic carbocycles. The predicted molar refractivity (Wildman–Crippen MR) is 152 cm³/mol. The fourth-order valence-electron chi connectivity index (χ4n) is 6.47. The smallest absolute Gasteiger partial charge is 0.337 e. The van der Waals surface area contributed by atoms with Gasteiger partial charge in [0, 0.05) is 48.1 Å². The zero-order chi connectivity index (χ0) is 26.6. The first-order valence-electron chi connectivity index (χ1n) is 14.3. The summed E-state index contributed by atoms with van der Waals surface area (Å²) in [5.41, 5.74) is 6.34. The van der Waals surface area contributed by atoms with Gasteiger partial charge in [-0.25, -0.2) is 4.79 Å². The highest BCUT2D eigenvalue weighted by molar-refractivity contribution is 6.04. The number of esters is 1. The van der Waals surface area contributed by atoms with Crippen LogP contribution in [-0.4, -0.2) is 30.9 Å². The van der Waals surface area contributed by atoms with Gasteiger partial charge in [-0.3, -0.25) is 4.79 Å². The topological polar surface area (TPSA) is 58.6 Å². The van der Waals surface area contributed by atoms with E-state index in [2.05, 4.69) is 60.5 Å².